The molecule has 5 heteroatoms. The third-order valence-electron chi connectivity index (χ3n) is 3.71. The predicted octanol–water partition coefficient (Wildman–Crippen LogP) is 1.30. The number of fused-ring (bicyclic) bond motifs is 1. The number of hydrogen-bond donors (Lipinski definition) is 1. The van der Waals surface area contributed by atoms with Gasteiger partial charge in [-0.1, -0.05) is 0 Å². The molecule has 0 radical (unpaired) electrons. The van der Waals surface area contributed by atoms with Gasteiger partial charge in [0.1, 0.15) is 0 Å². The quantitative estimate of drug-likeness (QED) is 0.862. The highest BCUT2D eigenvalue weighted by Crippen LogP contribution is 2.27. The fraction of sp³-hybridized carbons (Fsp3) is 0.667. The number of amides is 1. The summed E-state index contributed by atoms with van der Waals surface area (Å²) < 4.78 is 0. The Morgan fingerprint density at radius 2 is 2.47 bits per heavy atom. The lowest BCUT2D eigenvalue weighted by atomic mass is 9.99. The topological polar surface area (TPSA) is 45.2 Å². The number of carbonyl (C=O) groups is 1. The van der Waals surface area contributed by atoms with Crippen LogP contribution >= 0.6 is 11.3 Å². The maximum Gasteiger partial charge on any atom is 0.220 e. The van der Waals surface area contributed by atoms with Crippen molar-refractivity contribution < 1.29 is 4.79 Å². The van der Waals surface area contributed by atoms with Crippen LogP contribution in [-0.2, 0) is 11.3 Å². The van der Waals surface area contributed by atoms with Gasteiger partial charge >= 0.3 is 0 Å². The van der Waals surface area contributed by atoms with Gasteiger partial charge in [0, 0.05) is 37.0 Å². The van der Waals surface area contributed by atoms with Crippen LogP contribution in [0.15, 0.2) is 5.38 Å². The van der Waals surface area contributed by atoms with Gasteiger partial charge in [0.2, 0.25) is 5.91 Å². The lowest BCUT2D eigenvalue weighted by Gasteiger charge is -2.31. The number of aryl methyl sites for hydroxylation is 1. The number of aromatic nitrogens is 1. The number of likely N-dealkylation sites (tertiary alicyclic amines) is 1. The lowest BCUT2D eigenvalue weighted by Crippen LogP contribution is -2.49. The smallest absolute Gasteiger partial charge is 0.220 e. The minimum absolute atomic E-state index is 0.220. The zero-order chi connectivity index (χ0) is 11.8. The van der Waals surface area contributed by atoms with Crippen molar-refractivity contribution in [3.05, 3.63) is 16.1 Å². The standard InChI is InChI=1S/C12H17N3OS/c1-8-13-9(7-17-8)6-15-5-4-10-11(15)2-3-12(16)14-10/h7,10-11H,2-6H2,1H3,(H,14,16)/t10-,11+/m0/s1. The second kappa shape index (κ2) is 4.38. The molecule has 17 heavy (non-hydrogen) atoms. The van der Waals surface area contributed by atoms with E-state index in [-0.39, 0.29) is 5.91 Å². The van der Waals surface area contributed by atoms with Gasteiger partial charge in [-0.2, -0.15) is 0 Å². The van der Waals surface area contributed by atoms with Crippen LogP contribution in [0.5, 0.6) is 0 Å². The summed E-state index contributed by atoms with van der Waals surface area (Å²) in [6.07, 6.45) is 2.76. The van der Waals surface area contributed by atoms with Gasteiger partial charge in [-0.3, -0.25) is 9.69 Å². The summed E-state index contributed by atoms with van der Waals surface area (Å²) in [5, 5.41) is 6.38. The summed E-state index contributed by atoms with van der Waals surface area (Å²) in [6.45, 7) is 4.05. The summed E-state index contributed by atoms with van der Waals surface area (Å²) in [6, 6.07) is 0.894. The number of piperidine rings is 1. The van der Waals surface area contributed by atoms with Crippen molar-refractivity contribution in [2.45, 2.75) is 44.8 Å². The average Bonchev–Trinajstić information content (AvgIpc) is 2.86. The molecule has 1 amide bonds. The van der Waals surface area contributed by atoms with E-state index in [0.717, 1.165) is 30.9 Å². The van der Waals surface area contributed by atoms with Gasteiger partial charge in [0.05, 0.1) is 10.7 Å². The molecule has 0 bridgehead atoms. The molecule has 0 aliphatic carbocycles. The highest BCUT2D eigenvalue weighted by molar-refractivity contribution is 7.09. The molecule has 92 valence electrons. The van der Waals surface area contributed by atoms with Crippen LogP contribution in [0.4, 0.5) is 0 Å². The van der Waals surface area contributed by atoms with Crippen molar-refractivity contribution in [1.29, 1.82) is 0 Å². The van der Waals surface area contributed by atoms with E-state index in [1.165, 1.54) is 5.69 Å². The van der Waals surface area contributed by atoms with Crippen molar-refractivity contribution in [2.75, 3.05) is 6.54 Å². The van der Waals surface area contributed by atoms with Crippen molar-refractivity contribution in [2.24, 2.45) is 0 Å². The molecule has 2 atom stereocenters. The maximum atomic E-state index is 11.3. The Kier molecular flexibility index (Phi) is 2.88. The summed E-state index contributed by atoms with van der Waals surface area (Å²) in [4.78, 5) is 18.3. The van der Waals surface area contributed by atoms with Crippen molar-refractivity contribution in [1.82, 2.24) is 15.2 Å². The van der Waals surface area contributed by atoms with E-state index < -0.39 is 0 Å². The normalized spacial score (nSPS) is 29.1. The Morgan fingerprint density at radius 1 is 1.59 bits per heavy atom. The number of hydrogen-bond acceptors (Lipinski definition) is 4. The van der Waals surface area contributed by atoms with Gasteiger partial charge < -0.3 is 5.32 Å². The molecule has 0 saturated carbocycles. The molecule has 2 saturated heterocycles. The van der Waals surface area contributed by atoms with Gasteiger partial charge in [-0.05, 0) is 19.8 Å². The minimum atomic E-state index is 0.220. The molecule has 1 aromatic heterocycles. The monoisotopic (exact) mass is 251 g/mol. The lowest BCUT2D eigenvalue weighted by molar-refractivity contribution is -0.124. The molecule has 3 heterocycles. The third-order valence-corrected chi connectivity index (χ3v) is 4.53. The highest BCUT2D eigenvalue weighted by Gasteiger charge is 2.37. The molecule has 3 rings (SSSR count). The van der Waals surface area contributed by atoms with Crippen LogP contribution in [0, 0.1) is 6.92 Å². The highest BCUT2D eigenvalue weighted by atomic mass is 32.1. The van der Waals surface area contributed by atoms with E-state index in [0.29, 0.717) is 18.5 Å². The summed E-state index contributed by atoms with van der Waals surface area (Å²) in [5.41, 5.74) is 1.17. The Bertz CT molecular complexity index is 431. The van der Waals surface area contributed by atoms with Crippen molar-refractivity contribution in [3.8, 4) is 0 Å². The molecule has 2 aliphatic heterocycles. The minimum Gasteiger partial charge on any atom is -0.352 e. The zero-order valence-electron chi connectivity index (χ0n) is 9.98. The van der Waals surface area contributed by atoms with E-state index in [1.54, 1.807) is 11.3 Å². The van der Waals surface area contributed by atoms with Crippen LogP contribution in [0.25, 0.3) is 0 Å². The van der Waals surface area contributed by atoms with Crippen LogP contribution in [-0.4, -0.2) is 34.4 Å². The fourth-order valence-electron chi connectivity index (χ4n) is 2.91. The Morgan fingerprint density at radius 3 is 3.24 bits per heavy atom. The van der Waals surface area contributed by atoms with Gasteiger partial charge in [0.15, 0.2) is 0 Å². The van der Waals surface area contributed by atoms with Gasteiger partial charge in [0.25, 0.3) is 0 Å². The molecule has 0 spiro atoms. The molecule has 2 aliphatic rings. The van der Waals surface area contributed by atoms with Crippen molar-refractivity contribution in [3.63, 3.8) is 0 Å². The second-order valence-electron chi connectivity index (χ2n) is 4.90. The molecular weight excluding hydrogens is 234 g/mol. The predicted molar refractivity (Wildman–Crippen MR) is 66.8 cm³/mol. The Balaban J connectivity index is 1.67. The van der Waals surface area contributed by atoms with E-state index in [9.17, 15) is 4.79 Å². The molecule has 0 unspecified atom stereocenters. The first-order valence-electron chi connectivity index (χ1n) is 6.17. The summed E-state index contributed by atoms with van der Waals surface area (Å²) in [7, 11) is 0. The van der Waals surface area contributed by atoms with Gasteiger partial charge in [-0.15, -0.1) is 11.3 Å². The number of thiazole rings is 1. The molecule has 1 aromatic rings. The van der Waals surface area contributed by atoms with E-state index in [4.69, 9.17) is 0 Å². The summed E-state index contributed by atoms with van der Waals surface area (Å²) in [5.74, 6) is 0.220. The number of nitrogens with one attached hydrogen (secondary N) is 1. The van der Waals surface area contributed by atoms with Crippen molar-refractivity contribution >= 4 is 17.2 Å². The van der Waals surface area contributed by atoms with Crippen LogP contribution in [0.3, 0.4) is 0 Å². The third kappa shape index (κ3) is 2.21. The number of carbonyl (C=O) groups excluding carboxylic acids is 1. The SMILES string of the molecule is Cc1nc(CN2CC[C@@H]3NC(=O)CC[C@H]32)cs1. The fourth-order valence-corrected chi connectivity index (χ4v) is 3.52. The summed E-state index contributed by atoms with van der Waals surface area (Å²) >= 11 is 1.71. The van der Waals surface area contributed by atoms with E-state index in [1.807, 2.05) is 6.92 Å². The Labute approximate surface area is 105 Å². The number of rotatable bonds is 2. The first-order chi connectivity index (χ1) is 8.22. The van der Waals surface area contributed by atoms with Crippen LogP contribution in [0.2, 0.25) is 0 Å². The molecule has 2 fully saturated rings. The average molecular weight is 251 g/mol. The van der Waals surface area contributed by atoms with Crippen LogP contribution < -0.4 is 5.32 Å². The van der Waals surface area contributed by atoms with E-state index in [2.05, 4.69) is 20.6 Å². The van der Waals surface area contributed by atoms with Crippen LogP contribution in [0.1, 0.15) is 30.0 Å². The van der Waals surface area contributed by atoms with Gasteiger partial charge in [-0.25, -0.2) is 4.98 Å². The zero-order valence-corrected chi connectivity index (χ0v) is 10.8. The first kappa shape index (κ1) is 11.2. The maximum absolute atomic E-state index is 11.3. The first-order valence-corrected chi connectivity index (χ1v) is 7.05. The number of nitrogens with zero attached hydrogens (tertiary/aromatic N) is 2. The second-order valence-corrected chi connectivity index (χ2v) is 5.96. The van der Waals surface area contributed by atoms with E-state index >= 15 is 0 Å². The molecule has 1 N–H and O–H groups in total. The molecule has 0 aromatic carbocycles. The Hall–Kier alpha value is -0.940. The largest absolute Gasteiger partial charge is 0.352 e. The molecule has 4 nitrogen and oxygen atoms in total. The molecular formula is C12H17N3OS.